The number of aliphatic carboxylic acids is 1. The number of carbonyl (C=O) groups is 1. The highest BCUT2D eigenvalue weighted by molar-refractivity contribution is 6.42. The van der Waals surface area contributed by atoms with E-state index < -0.39 is 12.1 Å². The molecular weight excluding hydrogens is 255 g/mol. The molecule has 0 heterocycles. The zero-order valence-electron chi connectivity index (χ0n) is 8.66. The largest absolute Gasteiger partial charge is 0.493 e. The van der Waals surface area contributed by atoms with Gasteiger partial charge in [0.25, 0.3) is 0 Å². The number of hydrogen-bond acceptors (Lipinski definition) is 3. The first-order valence-corrected chi connectivity index (χ1v) is 5.13. The monoisotopic (exact) mass is 264 g/mol. The molecule has 0 aliphatic rings. The molecule has 0 aliphatic heterocycles. The van der Waals surface area contributed by atoms with Crippen molar-refractivity contribution in [2.75, 3.05) is 7.11 Å². The van der Waals surface area contributed by atoms with Gasteiger partial charge in [-0.1, -0.05) is 23.2 Å². The van der Waals surface area contributed by atoms with Crippen LogP contribution in [0.1, 0.15) is 6.92 Å². The minimum atomic E-state index is -1.08. The SMILES string of the molecule is COc1cc(Cl)c(Cl)cc1O[C@@H](C)C(=O)O. The Morgan fingerprint density at radius 3 is 2.25 bits per heavy atom. The maximum Gasteiger partial charge on any atom is 0.344 e. The van der Waals surface area contributed by atoms with Crippen LogP contribution in [-0.2, 0) is 4.79 Å². The number of carboxylic acid groups (broad SMARTS) is 1. The third-order valence-electron chi connectivity index (χ3n) is 1.86. The van der Waals surface area contributed by atoms with Crippen LogP contribution in [0.15, 0.2) is 12.1 Å². The molecule has 0 saturated carbocycles. The number of rotatable bonds is 4. The van der Waals surface area contributed by atoms with Gasteiger partial charge in [0.05, 0.1) is 17.2 Å². The van der Waals surface area contributed by atoms with Crippen molar-refractivity contribution in [2.24, 2.45) is 0 Å². The number of halogens is 2. The molecule has 1 aromatic carbocycles. The van der Waals surface area contributed by atoms with Crippen LogP contribution >= 0.6 is 23.2 Å². The van der Waals surface area contributed by atoms with Crippen LogP contribution in [-0.4, -0.2) is 24.3 Å². The number of hydrogen-bond donors (Lipinski definition) is 1. The van der Waals surface area contributed by atoms with Crippen LogP contribution in [0.4, 0.5) is 0 Å². The summed E-state index contributed by atoms with van der Waals surface area (Å²) in [4.78, 5) is 10.6. The van der Waals surface area contributed by atoms with Crippen LogP contribution < -0.4 is 9.47 Å². The van der Waals surface area contributed by atoms with E-state index in [1.54, 1.807) is 0 Å². The Balaban J connectivity index is 3.03. The third kappa shape index (κ3) is 2.93. The van der Waals surface area contributed by atoms with Crippen LogP contribution in [0, 0.1) is 0 Å². The summed E-state index contributed by atoms with van der Waals surface area (Å²) in [5, 5.41) is 9.29. The Hall–Kier alpha value is -1.13. The molecule has 1 aromatic rings. The minimum Gasteiger partial charge on any atom is -0.493 e. The summed E-state index contributed by atoms with van der Waals surface area (Å²) in [6.07, 6.45) is -0.994. The van der Waals surface area contributed by atoms with E-state index in [-0.39, 0.29) is 10.8 Å². The van der Waals surface area contributed by atoms with Gasteiger partial charge in [-0.05, 0) is 6.92 Å². The summed E-state index contributed by atoms with van der Waals surface area (Å²) in [5.41, 5.74) is 0. The van der Waals surface area contributed by atoms with Gasteiger partial charge in [0.2, 0.25) is 0 Å². The number of methoxy groups -OCH3 is 1. The Labute approximate surface area is 103 Å². The molecule has 16 heavy (non-hydrogen) atoms. The van der Waals surface area contributed by atoms with E-state index in [4.69, 9.17) is 37.8 Å². The number of benzene rings is 1. The van der Waals surface area contributed by atoms with Gasteiger partial charge in [-0.3, -0.25) is 0 Å². The van der Waals surface area contributed by atoms with Crippen LogP contribution in [0.2, 0.25) is 10.0 Å². The summed E-state index contributed by atoms with van der Waals surface area (Å²) in [6, 6.07) is 2.88. The van der Waals surface area contributed by atoms with Crippen molar-refractivity contribution in [1.82, 2.24) is 0 Å². The third-order valence-corrected chi connectivity index (χ3v) is 2.58. The lowest BCUT2D eigenvalue weighted by molar-refractivity contribution is -0.144. The fraction of sp³-hybridized carbons (Fsp3) is 0.300. The second-order valence-electron chi connectivity index (χ2n) is 3.02. The highest BCUT2D eigenvalue weighted by atomic mass is 35.5. The normalized spacial score (nSPS) is 12.0. The molecule has 0 saturated heterocycles. The molecule has 0 aliphatic carbocycles. The molecule has 1 rings (SSSR count). The molecule has 0 fully saturated rings. The van der Waals surface area contributed by atoms with Crippen molar-refractivity contribution in [2.45, 2.75) is 13.0 Å². The van der Waals surface area contributed by atoms with E-state index in [0.717, 1.165) is 0 Å². The van der Waals surface area contributed by atoms with Crippen molar-refractivity contribution in [3.8, 4) is 11.5 Å². The van der Waals surface area contributed by atoms with Gasteiger partial charge in [0.1, 0.15) is 0 Å². The van der Waals surface area contributed by atoms with Gasteiger partial charge in [0.15, 0.2) is 17.6 Å². The maximum atomic E-state index is 10.6. The Morgan fingerprint density at radius 2 is 1.81 bits per heavy atom. The summed E-state index contributed by atoms with van der Waals surface area (Å²) in [5.74, 6) is -0.498. The lowest BCUT2D eigenvalue weighted by atomic mass is 10.3. The highest BCUT2D eigenvalue weighted by Gasteiger charge is 2.16. The second kappa shape index (κ2) is 5.27. The number of ether oxygens (including phenoxy) is 2. The van der Waals surface area contributed by atoms with E-state index in [9.17, 15) is 4.79 Å². The lowest BCUT2D eigenvalue weighted by Crippen LogP contribution is -2.23. The Kier molecular flexibility index (Phi) is 4.26. The second-order valence-corrected chi connectivity index (χ2v) is 3.83. The predicted molar refractivity (Wildman–Crippen MR) is 60.7 cm³/mol. The predicted octanol–water partition coefficient (Wildman–Crippen LogP) is 2.85. The minimum absolute atomic E-state index is 0.242. The fourth-order valence-electron chi connectivity index (χ4n) is 1.00. The van der Waals surface area contributed by atoms with Crippen molar-refractivity contribution in [3.05, 3.63) is 22.2 Å². The van der Waals surface area contributed by atoms with Crippen LogP contribution in [0.5, 0.6) is 11.5 Å². The van der Waals surface area contributed by atoms with Gasteiger partial charge in [-0.2, -0.15) is 0 Å². The molecule has 0 amide bonds. The fourth-order valence-corrected chi connectivity index (χ4v) is 1.31. The topological polar surface area (TPSA) is 55.8 Å². The van der Waals surface area contributed by atoms with Gasteiger partial charge in [-0.25, -0.2) is 4.79 Å². The van der Waals surface area contributed by atoms with Crippen molar-refractivity contribution in [1.29, 1.82) is 0 Å². The van der Waals surface area contributed by atoms with E-state index in [1.807, 2.05) is 0 Å². The molecule has 88 valence electrons. The summed E-state index contributed by atoms with van der Waals surface area (Å²) in [6.45, 7) is 1.41. The zero-order valence-corrected chi connectivity index (χ0v) is 10.2. The molecule has 1 N–H and O–H groups in total. The average molecular weight is 265 g/mol. The molecule has 1 atom stereocenters. The molecule has 0 bridgehead atoms. The van der Waals surface area contributed by atoms with E-state index in [1.165, 1.54) is 26.2 Å². The smallest absolute Gasteiger partial charge is 0.344 e. The summed E-state index contributed by atoms with van der Waals surface area (Å²) >= 11 is 11.6. The first-order valence-electron chi connectivity index (χ1n) is 4.38. The molecule has 0 radical (unpaired) electrons. The average Bonchev–Trinajstić information content (AvgIpc) is 2.22. The molecule has 0 unspecified atom stereocenters. The molecule has 0 aromatic heterocycles. The Bertz CT molecular complexity index is 406. The number of carboxylic acids is 1. The maximum absolute atomic E-state index is 10.6. The van der Waals surface area contributed by atoms with E-state index >= 15 is 0 Å². The van der Waals surface area contributed by atoms with Crippen LogP contribution in [0.3, 0.4) is 0 Å². The van der Waals surface area contributed by atoms with Gasteiger partial charge < -0.3 is 14.6 Å². The van der Waals surface area contributed by atoms with E-state index in [0.29, 0.717) is 10.8 Å². The standard InChI is InChI=1S/C10H10Cl2O4/c1-5(10(13)14)16-9-4-7(12)6(11)3-8(9)15-2/h3-5H,1-2H3,(H,13,14)/t5-/m0/s1. The van der Waals surface area contributed by atoms with Crippen molar-refractivity contribution >= 4 is 29.2 Å². The van der Waals surface area contributed by atoms with Crippen molar-refractivity contribution < 1.29 is 19.4 Å². The zero-order chi connectivity index (χ0) is 12.3. The van der Waals surface area contributed by atoms with Gasteiger partial charge in [0, 0.05) is 12.1 Å². The molecule has 0 spiro atoms. The summed E-state index contributed by atoms with van der Waals surface area (Å²) < 4.78 is 10.2. The lowest BCUT2D eigenvalue weighted by Gasteiger charge is -2.14. The highest BCUT2D eigenvalue weighted by Crippen LogP contribution is 2.36. The van der Waals surface area contributed by atoms with E-state index in [2.05, 4.69) is 0 Å². The van der Waals surface area contributed by atoms with Crippen molar-refractivity contribution in [3.63, 3.8) is 0 Å². The molecular formula is C10H10Cl2O4. The first kappa shape index (κ1) is 12.9. The van der Waals surface area contributed by atoms with Gasteiger partial charge in [-0.15, -0.1) is 0 Å². The molecule has 4 nitrogen and oxygen atoms in total. The first-order chi connectivity index (χ1) is 7.45. The Morgan fingerprint density at radius 1 is 1.31 bits per heavy atom. The van der Waals surface area contributed by atoms with Crippen LogP contribution in [0.25, 0.3) is 0 Å². The summed E-state index contributed by atoms with van der Waals surface area (Å²) in [7, 11) is 1.43. The quantitative estimate of drug-likeness (QED) is 0.909. The van der Waals surface area contributed by atoms with Gasteiger partial charge >= 0.3 is 5.97 Å². The molecule has 6 heteroatoms.